The molecule has 1 heterocycles. The maximum atomic E-state index is 12.5. The molecule has 1 aromatic heterocycles. The van der Waals surface area contributed by atoms with Crippen LogP contribution in [0.2, 0.25) is 5.15 Å². The van der Waals surface area contributed by atoms with Crippen molar-refractivity contribution in [3.8, 4) is 0 Å². The normalized spacial score (nSPS) is 11.4. The van der Waals surface area contributed by atoms with Crippen molar-refractivity contribution in [2.45, 2.75) is 33.2 Å². The lowest BCUT2D eigenvalue weighted by molar-refractivity contribution is 0.110. The summed E-state index contributed by atoms with van der Waals surface area (Å²) in [7, 11) is 0. The monoisotopic (exact) mass is 250 g/mol. The number of hydrogen-bond acceptors (Lipinski definition) is 2. The van der Waals surface area contributed by atoms with Crippen LogP contribution in [-0.4, -0.2) is 16.1 Å². The fourth-order valence-electron chi connectivity index (χ4n) is 1.27. The van der Waals surface area contributed by atoms with Crippen molar-refractivity contribution in [3.05, 3.63) is 16.4 Å². The number of rotatable bonds is 5. The Bertz CT molecular complexity index is 377. The highest BCUT2D eigenvalue weighted by Crippen LogP contribution is 2.26. The second-order valence-corrected chi connectivity index (χ2v) is 4.27. The van der Waals surface area contributed by atoms with E-state index in [-0.39, 0.29) is 10.7 Å². The summed E-state index contributed by atoms with van der Waals surface area (Å²) in [4.78, 5) is 10.6. The Morgan fingerprint density at radius 2 is 2.12 bits per heavy atom. The van der Waals surface area contributed by atoms with Crippen LogP contribution in [0.15, 0.2) is 0 Å². The van der Waals surface area contributed by atoms with Gasteiger partial charge in [0.25, 0.3) is 6.43 Å². The topological polar surface area (TPSA) is 34.9 Å². The smallest absolute Gasteiger partial charge is 0.282 e. The zero-order valence-corrected chi connectivity index (χ0v) is 9.84. The molecule has 0 saturated heterocycles. The van der Waals surface area contributed by atoms with Crippen LogP contribution in [0.4, 0.5) is 8.78 Å². The molecular formula is C10H13ClF2N2O. The van der Waals surface area contributed by atoms with Crippen LogP contribution in [0, 0.1) is 5.92 Å². The van der Waals surface area contributed by atoms with Crippen LogP contribution >= 0.6 is 11.6 Å². The third-order valence-electron chi connectivity index (χ3n) is 2.20. The number of hydrogen-bond donors (Lipinski definition) is 0. The highest BCUT2D eigenvalue weighted by Gasteiger charge is 2.22. The minimum absolute atomic E-state index is 0.00838. The molecule has 0 bridgehead atoms. The average molecular weight is 251 g/mol. The lowest BCUT2D eigenvalue weighted by Gasteiger charge is -2.05. The summed E-state index contributed by atoms with van der Waals surface area (Å²) in [5.74, 6) is 0.412. The van der Waals surface area contributed by atoms with Crippen molar-refractivity contribution in [3.63, 3.8) is 0 Å². The van der Waals surface area contributed by atoms with Gasteiger partial charge in [-0.25, -0.2) is 8.78 Å². The van der Waals surface area contributed by atoms with E-state index in [4.69, 9.17) is 11.6 Å². The molecular weight excluding hydrogens is 238 g/mol. The van der Waals surface area contributed by atoms with Crippen LogP contribution in [0.25, 0.3) is 0 Å². The molecule has 0 aliphatic carbocycles. The van der Waals surface area contributed by atoms with Crippen molar-refractivity contribution in [1.82, 2.24) is 9.78 Å². The third-order valence-corrected chi connectivity index (χ3v) is 2.59. The number of alkyl halides is 2. The number of carbonyl (C=O) groups is 1. The quantitative estimate of drug-likeness (QED) is 0.752. The first-order valence-corrected chi connectivity index (χ1v) is 5.34. The van der Waals surface area contributed by atoms with Gasteiger partial charge in [0.05, 0.1) is 5.56 Å². The predicted octanol–water partition coefficient (Wildman–Crippen LogP) is 3.33. The predicted molar refractivity (Wildman–Crippen MR) is 57.0 cm³/mol. The van der Waals surface area contributed by atoms with E-state index in [1.54, 1.807) is 0 Å². The highest BCUT2D eigenvalue weighted by molar-refractivity contribution is 6.32. The Hall–Kier alpha value is -0.970. The summed E-state index contributed by atoms with van der Waals surface area (Å²) in [6.07, 6.45) is -1.69. The van der Waals surface area contributed by atoms with Crippen LogP contribution < -0.4 is 0 Å². The second-order valence-electron chi connectivity index (χ2n) is 3.91. The zero-order valence-electron chi connectivity index (χ0n) is 9.08. The summed E-state index contributed by atoms with van der Waals surface area (Å²) < 4.78 is 26.3. The van der Waals surface area contributed by atoms with Crippen molar-refractivity contribution in [1.29, 1.82) is 0 Å². The minimum atomic E-state index is -2.78. The van der Waals surface area contributed by atoms with Crippen LogP contribution in [0.1, 0.15) is 42.7 Å². The highest BCUT2D eigenvalue weighted by atomic mass is 35.5. The Morgan fingerprint density at radius 3 is 2.50 bits per heavy atom. The van der Waals surface area contributed by atoms with E-state index in [1.807, 2.05) is 13.8 Å². The Morgan fingerprint density at radius 1 is 1.50 bits per heavy atom. The number of aryl methyl sites for hydroxylation is 1. The molecule has 16 heavy (non-hydrogen) atoms. The van der Waals surface area contributed by atoms with E-state index < -0.39 is 12.1 Å². The number of aldehydes is 1. The molecule has 0 saturated carbocycles. The minimum Gasteiger partial charge on any atom is -0.298 e. The summed E-state index contributed by atoms with van der Waals surface area (Å²) in [6, 6.07) is 0. The first kappa shape index (κ1) is 13.1. The lowest BCUT2D eigenvalue weighted by atomic mass is 10.1. The van der Waals surface area contributed by atoms with Crippen molar-refractivity contribution in [2.75, 3.05) is 0 Å². The Balaban J connectivity index is 2.98. The van der Waals surface area contributed by atoms with Gasteiger partial charge in [0.15, 0.2) is 6.29 Å². The second kappa shape index (κ2) is 5.39. The van der Waals surface area contributed by atoms with Gasteiger partial charge in [0, 0.05) is 6.54 Å². The molecule has 0 aliphatic heterocycles. The van der Waals surface area contributed by atoms with E-state index in [0.717, 1.165) is 6.42 Å². The van der Waals surface area contributed by atoms with Gasteiger partial charge in [-0.05, 0) is 12.3 Å². The van der Waals surface area contributed by atoms with Gasteiger partial charge in [0.2, 0.25) is 0 Å². The van der Waals surface area contributed by atoms with E-state index in [1.165, 1.54) is 4.68 Å². The summed E-state index contributed by atoms with van der Waals surface area (Å²) in [6.45, 7) is 4.45. The van der Waals surface area contributed by atoms with Gasteiger partial charge in [-0.2, -0.15) is 5.10 Å². The lowest BCUT2D eigenvalue weighted by Crippen LogP contribution is -2.04. The molecule has 0 aliphatic rings. The van der Waals surface area contributed by atoms with Gasteiger partial charge in [-0.3, -0.25) is 9.48 Å². The van der Waals surface area contributed by atoms with Gasteiger partial charge in [0.1, 0.15) is 10.8 Å². The molecule has 0 amide bonds. The van der Waals surface area contributed by atoms with Crippen molar-refractivity contribution >= 4 is 17.9 Å². The third kappa shape index (κ3) is 2.78. The molecule has 0 unspecified atom stereocenters. The molecule has 3 nitrogen and oxygen atoms in total. The Labute approximate surface area is 97.4 Å². The van der Waals surface area contributed by atoms with Crippen LogP contribution in [0.3, 0.4) is 0 Å². The molecule has 0 aromatic carbocycles. The average Bonchev–Trinajstić information content (AvgIpc) is 2.52. The van der Waals surface area contributed by atoms with E-state index in [9.17, 15) is 13.6 Å². The van der Waals surface area contributed by atoms with Crippen LogP contribution in [-0.2, 0) is 6.54 Å². The number of aromatic nitrogens is 2. The molecule has 0 spiro atoms. The van der Waals surface area contributed by atoms with E-state index in [0.29, 0.717) is 18.7 Å². The number of nitrogens with zero attached hydrogens (tertiary/aromatic N) is 2. The molecule has 90 valence electrons. The molecule has 6 heteroatoms. The molecule has 0 N–H and O–H groups in total. The van der Waals surface area contributed by atoms with Gasteiger partial charge in [-0.1, -0.05) is 25.4 Å². The first-order valence-electron chi connectivity index (χ1n) is 4.96. The largest absolute Gasteiger partial charge is 0.298 e. The maximum Gasteiger partial charge on any atom is 0.282 e. The summed E-state index contributed by atoms with van der Waals surface area (Å²) in [5.41, 5.74) is -0.746. The van der Waals surface area contributed by atoms with Crippen LogP contribution in [0.5, 0.6) is 0 Å². The summed E-state index contributed by atoms with van der Waals surface area (Å²) in [5, 5.41) is 3.65. The standard InChI is InChI=1S/C10H13ClF2N2O/c1-6(2)3-4-15-9(11)7(5-16)8(14-15)10(12)13/h5-6,10H,3-4H2,1-2H3. The SMILES string of the molecule is CC(C)CCn1nc(C(F)F)c(C=O)c1Cl. The van der Waals surface area contributed by atoms with E-state index in [2.05, 4.69) is 5.10 Å². The Kier molecular flexibility index (Phi) is 4.41. The fourth-order valence-corrected chi connectivity index (χ4v) is 1.54. The van der Waals surface area contributed by atoms with Crippen molar-refractivity contribution < 1.29 is 13.6 Å². The number of carbonyl (C=O) groups excluding carboxylic acids is 1. The summed E-state index contributed by atoms with van der Waals surface area (Å²) >= 11 is 5.79. The molecule has 1 aromatic rings. The van der Waals surface area contributed by atoms with Gasteiger partial charge in [-0.15, -0.1) is 0 Å². The zero-order chi connectivity index (χ0) is 12.3. The molecule has 0 radical (unpaired) electrons. The molecule has 0 atom stereocenters. The van der Waals surface area contributed by atoms with Gasteiger partial charge < -0.3 is 0 Å². The molecule has 0 fully saturated rings. The van der Waals surface area contributed by atoms with Crippen molar-refractivity contribution in [2.24, 2.45) is 5.92 Å². The fraction of sp³-hybridized carbons (Fsp3) is 0.600. The van der Waals surface area contributed by atoms with E-state index >= 15 is 0 Å². The molecule has 1 rings (SSSR count). The van der Waals surface area contributed by atoms with Gasteiger partial charge >= 0.3 is 0 Å². The number of halogens is 3. The first-order chi connectivity index (χ1) is 7.47. The maximum absolute atomic E-state index is 12.5.